The van der Waals surface area contributed by atoms with Gasteiger partial charge in [-0.25, -0.2) is 0 Å². The molecule has 29 heavy (non-hydrogen) atoms. The number of nitrogens with zero attached hydrogens (tertiary/aromatic N) is 1. The molecular weight excluding hydrogens is 371 g/mol. The van der Waals surface area contributed by atoms with E-state index in [1.54, 1.807) is 12.1 Å². The molecule has 0 N–H and O–H groups in total. The van der Waals surface area contributed by atoms with Crippen molar-refractivity contribution in [3.05, 3.63) is 77.4 Å². The third-order valence-corrected chi connectivity index (χ3v) is 6.08. The molecule has 0 fully saturated rings. The zero-order valence-corrected chi connectivity index (χ0v) is 17.5. The first kappa shape index (κ1) is 21.4. The van der Waals surface area contributed by atoms with Crippen molar-refractivity contribution in [3.63, 3.8) is 0 Å². The van der Waals surface area contributed by atoms with Crippen LogP contribution < -0.4 is 0 Å². The first-order valence-corrected chi connectivity index (χ1v) is 9.92. The molecule has 1 unspecified atom stereocenters. The molecule has 1 nitrogen and oxygen atoms in total. The highest BCUT2D eigenvalue weighted by molar-refractivity contribution is 5.68. The highest BCUT2D eigenvalue weighted by atomic mass is 19.4. The minimum atomic E-state index is -4.41. The topological polar surface area (TPSA) is 12.4 Å². The van der Waals surface area contributed by atoms with E-state index in [0.717, 1.165) is 24.0 Å². The lowest BCUT2D eigenvalue weighted by molar-refractivity contribution is -0.0535. The van der Waals surface area contributed by atoms with Gasteiger partial charge in [0.2, 0.25) is 0 Å². The molecule has 4 heteroatoms. The van der Waals surface area contributed by atoms with Gasteiger partial charge in [-0.3, -0.25) is 4.99 Å². The number of rotatable bonds is 4. The lowest BCUT2D eigenvalue weighted by atomic mass is 9.62. The first-order valence-electron chi connectivity index (χ1n) is 9.92. The molecule has 1 aliphatic carbocycles. The van der Waals surface area contributed by atoms with E-state index in [-0.39, 0.29) is 28.6 Å². The molecule has 3 rings (SSSR count). The Balaban J connectivity index is 1.95. The Bertz CT molecular complexity index is 918. The zero-order valence-electron chi connectivity index (χ0n) is 17.5. The van der Waals surface area contributed by atoms with Crippen LogP contribution in [0, 0.1) is 0 Å². The van der Waals surface area contributed by atoms with Crippen LogP contribution in [0.1, 0.15) is 68.7 Å². The molecule has 0 bridgehead atoms. The Morgan fingerprint density at radius 3 is 2.00 bits per heavy atom. The van der Waals surface area contributed by atoms with Crippen molar-refractivity contribution in [2.24, 2.45) is 4.99 Å². The SMILES string of the molecule is C=CC(c1ccc(N=CC(F)(F)F)cc1)c1ccc2c(c1)C(C)(C)CCC2(C)C. The van der Waals surface area contributed by atoms with Gasteiger partial charge in [-0.1, -0.05) is 64.1 Å². The smallest absolute Gasteiger partial charge is 0.252 e. The molecule has 0 saturated carbocycles. The fourth-order valence-corrected chi connectivity index (χ4v) is 4.18. The maximum absolute atomic E-state index is 12.3. The molecule has 154 valence electrons. The van der Waals surface area contributed by atoms with Gasteiger partial charge >= 0.3 is 6.18 Å². The Morgan fingerprint density at radius 1 is 0.897 bits per heavy atom. The number of fused-ring (bicyclic) bond motifs is 1. The first-order chi connectivity index (χ1) is 13.4. The van der Waals surface area contributed by atoms with E-state index in [4.69, 9.17) is 0 Å². The zero-order chi connectivity index (χ0) is 21.4. The molecule has 0 heterocycles. The number of aliphatic imine (C=N–C) groups is 1. The Hall–Kier alpha value is -2.36. The van der Waals surface area contributed by atoms with Gasteiger partial charge in [0, 0.05) is 5.92 Å². The van der Waals surface area contributed by atoms with Gasteiger partial charge in [0.05, 0.1) is 5.69 Å². The molecule has 0 spiro atoms. The number of benzene rings is 2. The summed E-state index contributed by atoms with van der Waals surface area (Å²) >= 11 is 0. The van der Waals surface area contributed by atoms with Crippen LogP contribution in [-0.2, 0) is 10.8 Å². The van der Waals surface area contributed by atoms with Crippen LogP contribution in [0.4, 0.5) is 18.9 Å². The molecule has 2 aromatic rings. The Labute approximate surface area is 171 Å². The van der Waals surface area contributed by atoms with Crippen molar-refractivity contribution in [1.82, 2.24) is 0 Å². The molecule has 1 atom stereocenters. The summed E-state index contributed by atoms with van der Waals surface area (Å²) in [6.07, 6.45) is -0.207. The Kier molecular flexibility index (Phi) is 5.50. The molecule has 1 aliphatic rings. The Morgan fingerprint density at radius 2 is 1.45 bits per heavy atom. The molecular formula is C25H28F3N. The minimum absolute atomic E-state index is 0.0142. The van der Waals surface area contributed by atoms with E-state index < -0.39 is 6.18 Å². The van der Waals surface area contributed by atoms with Crippen LogP contribution in [0.5, 0.6) is 0 Å². The van der Waals surface area contributed by atoms with E-state index in [9.17, 15) is 13.2 Å². The normalized spacial score (nSPS) is 19.0. The van der Waals surface area contributed by atoms with E-state index in [1.165, 1.54) is 11.1 Å². The second kappa shape index (κ2) is 7.47. The van der Waals surface area contributed by atoms with Crippen molar-refractivity contribution in [1.29, 1.82) is 0 Å². The van der Waals surface area contributed by atoms with Crippen molar-refractivity contribution in [2.45, 2.75) is 63.5 Å². The summed E-state index contributed by atoms with van der Waals surface area (Å²) in [5, 5.41) is 0. The molecule has 0 saturated heterocycles. The average molecular weight is 400 g/mol. The minimum Gasteiger partial charge on any atom is -0.252 e. The monoisotopic (exact) mass is 399 g/mol. The maximum atomic E-state index is 12.3. The van der Waals surface area contributed by atoms with Crippen LogP contribution in [0.2, 0.25) is 0 Å². The van der Waals surface area contributed by atoms with Crippen LogP contribution in [0.25, 0.3) is 0 Å². The maximum Gasteiger partial charge on any atom is 0.426 e. The van der Waals surface area contributed by atoms with Crippen molar-refractivity contribution in [3.8, 4) is 0 Å². The highest BCUT2D eigenvalue weighted by Crippen LogP contribution is 2.46. The number of halogens is 3. The summed E-state index contributed by atoms with van der Waals surface area (Å²) in [5.74, 6) is -0.0261. The third kappa shape index (κ3) is 4.63. The van der Waals surface area contributed by atoms with Gasteiger partial charge in [-0.05, 0) is 58.1 Å². The summed E-state index contributed by atoms with van der Waals surface area (Å²) in [6.45, 7) is 13.2. The van der Waals surface area contributed by atoms with E-state index >= 15 is 0 Å². The van der Waals surface area contributed by atoms with Crippen molar-refractivity contribution < 1.29 is 13.2 Å². The summed E-state index contributed by atoms with van der Waals surface area (Å²) in [4.78, 5) is 3.49. The van der Waals surface area contributed by atoms with Crippen LogP contribution in [0.15, 0.2) is 60.1 Å². The predicted molar refractivity (Wildman–Crippen MR) is 114 cm³/mol. The molecule has 0 amide bonds. The van der Waals surface area contributed by atoms with E-state index in [2.05, 4.69) is 57.5 Å². The fraction of sp³-hybridized carbons (Fsp3) is 0.400. The van der Waals surface area contributed by atoms with Gasteiger partial charge in [0.1, 0.15) is 6.21 Å². The summed E-state index contributed by atoms with van der Waals surface area (Å²) in [5.41, 5.74) is 5.47. The van der Waals surface area contributed by atoms with Crippen molar-refractivity contribution in [2.75, 3.05) is 0 Å². The van der Waals surface area contributed by atoms with Gasteiger partial charge in [0.25, 0.3) is 0 Å². The van der Waals surface area contributed by atoms with E-state index in [0.29, 0.717) is 0 Å². The van der Waals surface area contributed by atoms with Crippen LogP contribution in [-0.4, -0.2) is 12.4 Å². The van der Waals surface area contributed by atoms with Crippen molar-refractivity contribution >= 4 is 11.9 Å². The predicted octanol–water partition coefficient (Wildman–Crippen LogP) is 7.62. The third-order valence-electron chi connectivity index (χ3n) is 6.08. The number of hydrogen-bond donors (Lipinski definition) is 0. The molecule has 0 aromatic heterocycles. The second-order valence-electron chi connectivity index (χ2n) is 9.18. The summed E-state index contributed by atoms with van der Waals surface area (Å²) in [7, 11) is 0. The van der Waals surface area contributed by atoms with Crippen LogP contribution in [0.3, 0.4) is 0 Å². The molecule has 0 radical (unpaired) electrons. The number of hydrogen-bond acceptors (Lipinski definition) is 1. The van der Waals surface area contributed by atoms with Gasteiger partial charge in [-0.2, -0.15) is 13.2 Å². The van der Waals surface area contributed by atoms with E-state index in [1.807, 2.05) is 18.2 Å². The second-order valence-corrected chi connectivity index (χ2v) is 9.18. The average Bonchev–Trinajstić information content (AvgIpc) is 2.65. The highest BCUT2D eigenvalue weighted by Gasteiger charge is 2.37. The molecule has 2 aromatic carbocycles. The quantitative estimate of drug-likeness (QED) is 0.370. The fourth-order valence-electron chi connectivity index (χ4n) is 4.18. The van der Waals surface area contributed by atoms with Gasteiger partial charge in [0.15, 0.2) is 0 Å². The lowest BCUT2D eigenvalue weighted by Crippen LogP contribution is -2.34. The summed E-state index contributed by atoms with van der Waals surface area (Å²) < 4.78 is 37.0. The standard InChI is InChI=1S/C25H28F3N/c1-6-20(17-7-10-19(11-8-17)29-16-25(26,27)28)18-9-12-21-22(15-18)24(4,5)14-13-23(21,2)3/h6-12,15-16,20H,1,13-14H2,2-5H3. The van der Waals surface area contributed by atoms with Gasteiger partial charge < -0.3 is 0 Å². The number of allylic oxidation sites excluding steroid dienone is 1. The number of alkyl halides is 3. The molecule has 0 aliphatic heterocycles. The lowest BCUT2D eigenvalue weighted by Gasteiger charge is -2.42. The summed E-state index contributed by atoms with van der Waals surface area (Å²) in [6, 6.07) is 13.6. The van der Waals surface area contributed by atoms with Gasteiger partial charge in [-0.15, -0.1) is 6.58 Å². The largest absolute Gasteiger partial charge is 0.426 e. The van der Waals surface area contributed by atoms with Crippen LogP contribution >= 0.6 is 0 Å².